The van der Waals surface area contributed by atoms with Crippen molar-refractivity contribution in [1.82, 2.24) is 29.9 Å². The summed E-state index contributed by atoms with van der Waals surface area (Å²) >= 11 is 0. The molecule has 3 aromatic rings. The van der Waals surface area contributed by atoms with Crippen LogP contribution >= 0.6 is 0 Å². The Morgan fingerprint density at radius 3 is 2.61 bits per heavy atom. The van der Waals surface area contributed by atoms with Gasteiger partial charge in [0.25, 0.3) is 11.7 Å². The number of nitrogens with one attached hydrogen (secondary N) is 1. The van der Waals surface area contributed by atoms with Crippen molar-refractivity contribution in [3.8, 4) is 5.69 Å². The van der Waals surface area contributed by atoms with Crippen molar-refractivity contribution >= 4 is 11.7 Å². The third-order valence-electron chi connectivity index (χ3n) is 4.81. The minimum atomic E-state index is -4.51. The third kappa shape index (κ3) is 4.65. The van der Waals surface area contributed by atoms with E-state index in [2.05, 4.69) is 20.6 Å². The Morgan fingerprint density at radius 1 is 1.19 bits per heavy atom. The van der Waals surface area contributed by atoms with E-state index in [1.807, 2.05) is 11.5 Å². The minimum Gasteiger partial charge on any atom is -0.349 e. The first-order valence-corrected chi connectivity index (χ1v) is 9.56. The van der Waals surface area contributed by atoms with Crippen molar-refractivity contribution in [3.63, 3.8) is 0 Å². The van der Waals surface area contributed by atoms with E-state index < -0.39 is 23.4 Å². The molecule has 1 N–H and O–H groups in total. The zero-order chi connectivity index (χ0) is 22.8. The summed E-state index contributed by atoms with van der Waals surface area (Å²) in [7, 11) is 0. The van der Waals surface area contributed by atoms with Crippen LogP contribution in [0.25, 0.3) is 5.69 Å². The number of benzene rings is 1. The highest BCUT2D eigenvalue weighted by molar-refractivity contribution is 6.43. The van der Waals surface area contributed by atoms with Gasteiger partial charge in [0.2, 0.25) is 0 Å². The fourth-order valence-corrected chi connectivity index (χ4v) is 3.25. The molecule has 1 aromatic carbocycles. The SMILES string of the molecule is CCn1cnnc1CCNC(=O)C(=O)c1c(C)nn(-c2cccc(C(F)(F)F)c2)c1C. The van der Waals surface area contributed by atoms with E-state index in [0.717, 1.165) is 12.1 Å². The number of hydrogen-bond donors (Lipinski definition) is 1. The van der Waals surface area contributed by atoms with E-state index in [1.54, 1.807) is 6.33 Å². The molecule has 0 atom stereocenters. The van der Waals surface area contributed by atoms with Crippen LogP contribution in [0.2, 0.25) is 0 Å². The normalized spacial score (nSPS) is 11.5. The summed E-state index contributed by atoms with van der Waals surface area (Å²) in [5, 5.41) is 14.5. The summed E-state index contributed by atoms with van der Waals surface area (Å²) in [4.78, 5) is 25.1. The van der Waals surface area contributed by atoms with Gasteiger partial charge in [-0.3, -0.25) is 9.59 Å². The van der Waals surface area contributed by atoms with E-state index in [9.17, 15) is 22.8 Å². The lowest BCUT2D eigenvalue weighted by atomic mass is 10.1. The highest BCUT2D eigenvalue weighted by Crippen LogP contribution is 2.30. The molecule has 3 rings (SSSR count). The summed E-state index contributed by atoms with van der Waals surface area (Å²) in [6.45, 7) is 5.86. The van der Waals surface area contributed by atoms with Crippen LogP contribution < -0.4 is 5.32 Å². The molecular weight excluding hydrogens is 413 g/mol. The van der Waals surface area contributed by atoms with E-state index >= 15 is 0 Å². The lowest BCUT2D eigenvalue weighted by Gasteiger charge is -2.10. The van der Waals surface area contributed by atoms with E-state index in [1.165, 1.54) is 30.7 Å². The van der Waals surface area contributed by atoms with Crippen LogP contribution in [0.3, 0.4) is 0 Å². The molecule has 0 radical (unpaired) electrons. The van der Waals surface area contributed by atoms with Gasteiger partial charge in [-0.25, -0.2) is 4.68 Å². The Bertz CT molecular complexity index is 1120. The molecule has 8 nitrogen and oxygen atoms in total. The van der Waals surface area contributed by atoms with Gasteiger partial charge in [0.1, 0.15) is 12.2 Å². The van der Waals surface area contributed by atoms with Crippen molar-refractivity contribution in [2.45, 2.75) is 39.9 Å². The lowest BCUT2D eigenvalue weighted by molar-refractivity contribution is -0.137. The predicted octanol–water partition coefficient (Wildman–Crippen LogP) is 2.66. The average Bonchev–Trinajstić information content (AvgIpc) is 3.30. The number of alkyl halides is 3. The van der Waals surface area contributed by atoms with Crippen molar-refractivity contribution in [2.75, 3.05) is 6.54 Å². The number of aromatic nitrogens is 5. The monoisotopic (exact) mass is 434 g/mol. The molecular formula is C20H21F3N6O2. The summed E-state index contributed by atoms with van der Waals surface area (Å²) in [6, 6.07) is 4.61. The number of carbonyl (C=O) groups is 2. The largest absolute Gasteiger partial charge is 0.416 e. The molecule has 31 heavy (non-hydrogen) atoms. The van der Waals surface area contributed by atoms with Gasteiger partial charge in [0, 0.05) is 19.5 Å². The number of carbonyl (C=O) groups excluding carboxylic acids is 2. The molecule has 0 spiro atoms. The van der Waals surface area contributed by atoms with Crippen molar-refractivity contribution in [1.29, 1.82) is 0 Å². The maximum absolute atomic E-state index is 13.0. The van der Waals surface area contributed by atoms with Crippen LogP contribution in [0, 0.1) is 13.8 Å². The first-order valence-electron chi connectivity index (χ1n) is 9.56. The summed E-state index contributed by atoms with van der Waals surface area (Å²) in [5.74, 6) is -0.942. The molecule has 0 saturated carbocycles. The van der Waals surface area contributed by atoms with Gasteiger partial charge in [-0.15, -0.1) is 10.2 Å². The fourth-order valence-electron chi connectivity index (χ4n) is 3.25. The van der Waals surface area contributed by atoms with Gasteiger partial charge in [-0.1, -0.05) is 6.07 Å². The molecule has 0 saturated heterocycles. The Hall–Kier alpha value is -3.50. The summed E-state index contributed by atoms with van der Waals surface area (Å²) in [6.07, 6.45) is -2.53. The van der Waals surface area contributed by atoms with Gasteiger partial charge in [-0.2, -0.15) is 18.3 Å². The summed E-state index contributed by atoms with van der Waals surface area (Å²) in [5.41, 5.74) is -0.0907. The lowest BCUT2D eigenvalue weighted by Crippen LogP contribution is -2.33. The second-order valence-corrected chi connectivity index (χ2v) is 6.87. The maximum Gasteiger partial charge on any atom is 0.416 e. The minimum absolute atomic E-state index is 0.0617. The van der Waals surface area contributed by atoms with Gasteiger partial charge in [0.05, 0.1) is 28.2 Å². The number of ketones is 1. The van der Waals surface area contributed by atoms with Crippen LogP contribution in [0.4, 0.5) is 13.2 Å². The van der Waals surface area contributed by atoms with Crippen LogP contribution in [0.1, 0.15) is 40.1 Å². The molecule has 0 fully saturated rings. The Labute approximate surface area is 176 Å². The number of hydrogen-bond acceptors (Lipinski definition) is 5. The van der Waals surface area contributed by atoms with E-state index in [4.69, 9.17) is 0 Å². The third-order valence-corrected chi connectivity index (χ3v) is 4.81. The Kier molecular flexibility index (Phi) is 6.23. The van der Waals surface area contributed by atoms with Crippen molar-refractivity contribution in [3.05, 3.63) is 58.9 Å². The molecule has 0 aliphatic rings. The number of aryl methyl sites for hydroxylation is 2. The number of nitrogens with zero attached hydrogens (tertiary/aromatic N) is 5. The van der Waals surface area contributed by atoms with Gasteiger partial charge >= 0.3 is 6.18 Å². The van der Waals surface area contributed by atoms with Gasteiger partial charge in [0.15, 0.2) is 0 Å². The highest BCUT2D eigenvalue weighted by atomic mass is 19.4. The quantitative estimate of drug-likeness (QED) is 0.456. The zero-order valence-electron chi connectivity index (χ0n) is 17.2. The second kappa shape index (κ2) is 8.70. The Morgan fingerprint density at radius 2 is 1.94 bits per heavy atom. The number of rotatable bonds is 7. The number of Topliss-reactive ketones (excluding diaryl/α,β-unsaturated/α-hetero) is 1. The van der Waals surface area contributed by atoms with Gasteiger partial charge in [-0.05, 0) is 39.0 Å². The van der Waals surface area contributed by atoms with E-state index in [-0.39, 0.29) is 29.2 Å². The zero-order valence-corrected chi connectivity index (χ0v) is 17.2. The van der Waals surface area contributed by atoms with Crippen LogP contribution in [0.15, 0.2) is 30.6 Å². The molecule has 0 bridgehead atoms. The molecule has 11 heteroatoms. The predicted molar refractivity (Wildman–Crippen MR) is 105 cm³/mol. The molecule has 164 valence electrons. The molecule has 0 unspecified atom stereocenters. The topological polar surface area (TPSA) is 94.7 Å². The van der Waals surface area contributed by atoms with Crippen LogP contribution in [-0.4, -0.2) is 42.8 Å². The van der Waals surface area contributed by atoms with Crippen LogP contribution in [-0.2, 0) is 23.9 Å². The first-order chi connectivity index (χ1) is 14.6. The van der Waals surface area contributed by atoms with Gasteiger partial charge < -0.3 is 9.88 Å². The highest BCUT2D eigenvalue weighted by Gasteiger charge is 2.31. The van der Waals surface area contributed by atoms with Crippen LogP contribution in [0.5, 0.6) is 0 Å². The molecule has 1 amide bonds. The Balaban J connectivity index is 1.77. The van der Waals surface area contributed by atoms with E-state index in [0.29, 0.717) is 18.8 Å². The fraction of sp³-hybridized carbons (Fsp3) is 0.350. The standard InChI is InChI=1S/C20H21F3N6O2/c1-4-28-11-25-26-16(28)8-9-24-19(31)18(30)17-12(2)27-29(13(17)3)15-7-5-6-14(10-15)20(21,22)23/h5-7,10-11H,4,8-9H2,1-3H3,(H,24,31). The second-order valence-electron chi connectivity index (χ2n) is 6.87. The van der Waals surface area contributed by atoms with Crippen molar-refractivity contribution in [2.24, 2.45) is 0 Å². The smallest absolute Gasteiger partial charge is 0.349 e. The number of halogens is 3. The average molecular weight is 434 g/mol. The molecule has 2 aromatic heterocycles. The maximum atomic E-state index is 13.0. The summed E-state index contributed by atoms with van der Waals surface area (Å²) < 4.78 is 42.1. The molecule has 0 aliphatic heterocycles. The number of amides is 1. The molecule has 0 aliphatic carbocycles. The van der Waals surface area contributed by atoms with Crippen molar-refractivity contribution < 1.29 is 22.8 Å². The first kappa shape index (κ1) is 22.2. The molecule has 2 heterocycles.